The number of nitrogens with zero attached hydrogens (tertiary/aromatic N) is 4. The minimum absolute atomic E-state index is 0.153. The molecule has 1 amide bonds. The highest BCUT2D eigenvalue weighted by atomic mass is 16.1. The lowest BCUT2D eigenvalue weighted by atomic mass is 9.98. The largest absolute Gasteiger partial charge is 0.312 e. The van der Waals surface area contributed by atoms with Crippen LogP contribution in [0.1, 0.15) is 21.5 Å². The molecule has 3 aromatic heterocycles. The van der Waals surface area contributed by atoms with Crippen molar-refractivity contribution in [2.45, 2.75) is 13.0 Å². The second-order valence-corrected chi connectivity index (χ2v) is 7.25. The fourth-order valence-electron chi connectivity index (χ4n) is 3.62. The lowest BCUT2D eigenvalue weighted by molar-refractivity contribution is 0.102. The summed E-state index contributed by atoms with van der Waals surface area (Å²) in [4.78, 5) is 21.6. The first kappa shape index (κ1) is 17.5. The summed E-state index contributed by atoms with van der Waals surface area (Å²) < 4.78 is 1.74. The van der Waals surface area contributed by atoms with Crippen molar-refractivity contribution in [3.63, 3.8) is 0 Å². The van der Waals surface area contributed by atoms with Gasteiger partial charge < -0.3 is 10.6 Å². The lowest BCUT2D eigenvalue weighted by Crippen LogP contribution is -2.24. The third-order valence-electron chi connectivity index (χ3n) is 5.20. The first-order valence-electron chi connectivity index (χ1n) is 9.54. The first-order valence-corrected chi connectivity index (χ1v) is 9.54. The van der Waals surface area contributed by atoms with E-state index in [4.69, 9.17) is 0 Å². The zero-order chi connectivity index (χ0) is 19.8. The van der Waals surface area contributed by atoms with Crippen molar-refractivity contribution in [3.8, 4) is 11.3 Å². The number of aromatic nitrogens is 4. The molecule has 1 aliphatic rings. The molecule has 7 nitrogen and oxygen atoms in total. The number of aryl methyl sites for hydroxylation is 1. The van der Waals surface area contributed by atoms with E-state index >= 15 is 0 Å². The summed E-state index contributed by atoms with van der Waals surface area (Å²) in [5.41, 5.74) is 4.91. The van der Waals surface area contributed by atoms with E-state index in [1.165, 1.54) is 11.1 Å². The fraction of sp³-hybridized carbons (Fsp3) is 0.182. The zero-order valence-corrected chi connectivity index (χ0v) is 16.0. The maximum atomic E-state index is 12.7. The Labute approximate surface area is 167 Å². The molecule has 144 valence electrons. The van der Waals surface area contributed by atoms with Gasteiger partial charge in [0.25, 0.3) is 5.91 Å². The molecule has 1 aliphatic heterocycles. The number of carbonyl (C=O) groups is 1. The molecular weight excluding hydrogens is 364 g/mol. The number of amides is 1. The van der Waals surface area contributed by atoms with Gasteiger partial charge in [0.05, 0.1) is 11.9 Å². The number of hydrogen-bond acceptors (Lipinski definition) is 5. The van der Waals surface area contributed by atoms with Crippen LogP contribution in [0, 0.1) is 0 Å². The second-order valence-electron chi connectivity index (χ2n) is 7.25. The van der Waals surface area contributed by atoms with Crippen LogP contribution in [0.5, 0.6) is 0 Å². The number of anilines is 1. The summed E-state index contributed by atoms with van der Waals surface area (Å²) in [6, 6.07) is 9.73. The predicted molar refractivity (Wildman–Crippen MR) is 112 cm³/mol. The molecule has 1 aromatic carbocycles. The van der Waals surface area contributed by atoms with Crippen LogP contribution in [0.2, 0.25) is 0 Å². The summed E-state index contributed by atoms with van der Waals surface area (Å²) in [5, 5.41) is 12.3. The van der Waals surface area contributed by atoms with E-state index in [0.29, 0.717) is 11.4 Å². The van der Waals surface area contributed by atoms with Gasteiger partial charge in [0.15, 0.2) is 0 Å². The molecular formula is C22H20N6O. The van der Waals surface area contributed by atoms with Gasteiger partial charge >= 0.3 is 0 Å². The minimum Gasteiger partial charge on any atom is -0.312 e. The monoisotopic (exact) mass is 384 g/mol. The average Bonchev–Trinajstić information content (AvgIpc) is 3.19. The first-order chi connectivity index (χ1) is 14.2. The molecule has 4 aromatic rings. The Morgan fingerprint density at radius 3 is 2.83 bits per heavy atom. The Bertz CT molecular complexity index is 1230. The van der Waals surface area contributed by atoms with E-state index in [2.05, 4.69) is 25.7 Å². The van der Waals surface area contributed by atoms with Crippen molar-refractivity contribution in [2.75, 3.05) is 11.9 Å². The van der Waals surface area contributed by atoms with E-state index in [0.717, 1.165) is 41.5 Å². The third-order valence-corrected chi connectivity index (χ3v) is 5.20. The summed E-state index contributed by atoms with van der Waals surface area (Å²) in [7, 11) is 1.87. The quantitative estimate of drug-likeness (QED) is 0.567. The third kappa shape index (κ3) is 3.48. The van der Waals surface area contributed by atoms with Crippen molar-refractivity contribution in [1.82, 2.24) is 25.1 Å². The number of benzene rings is 1. The predicted octanol–water partition coefficient (Wildman–Crippen LogP) is 2.93. The van der Waals surface area contributed by atoms with Gasteiger partial charge in [-0.3, -0.25) is 14.5 Å². The molecule has 0 fully saturated rings. The summed E-state index contributed by atoms with van der Waals surface area (Å²) in [6.07, 6.45) is 8.15. The maximum absolute atomic E-state index is 12.7. The van der Waals surface area contributed by atoms with Gasteiger partial charge in [-0.05, 0) is 53.7 Å². The van der Waals surface area contributed by atoms with Crippen LogP contribution in [0.15, 0.2) is 55.1 Å². The van der Waals surface area contributed by atoms with E-state index in [9.17, 15) is 4.79 Å². The summed E-state index contributed by atoms with van der Waals surface area (Å²) in [5.74, 6) is 0.366. The van der Waals surface area contributed by atoms with Crippen molar-refractivity contribution in [3.05, 3.63) is 71.8 Å². The molecule has 0 unspecified atom stereocenters. The van der Waals surface area contributed by atoms with Gasteiger partial charge in [0, 0.05) is 48.7 Å². The van der Waals surface area contributed by atoms with Crippen molar-refractivity contribution in [2.24, 2.45) is 7.05 Å². The molecule has 7 heteroatoms. The standard InChI is InChI=1S/C22H20N6O/c1-28-13-19(12-26-28)20-7-17-8-21(25-11-18(17)10-24-20)27-22(29)15-2-3-16-9-23-5-4-14(16)6-15/h2-3,6-8,10-13,23H,4-5,9H2,1H3,(H,25,27,29). The van der Waals surface area contributed by atoms with Gasteiger partial charge in [0.1, 0.15) is 5.82 Å². The topological polar surface area (TPSA) is 84.7 Å². The van der Waals surface area contributed by atoms with E-state index in [-0.39, 0.29) is 5.91 Å². The molecule has 0 saturated heterocycles. The second kappa shape index (κ2) is 7.10. The Hall–Kier alpha value is -3.58. The number of nitrogens with one attached hydrogen (secondary N) is 2. The van der Waals surface area contributed by atoms with Crippen LogP contribution >= 0.6 is 0 Å². The van der Waals surface area contributed by atoms with Gasteiger partial charge in [-0.1, -0.05) is 6.07 Å². The van der Waals surface area contributed by atoms with Gasteiger partial charge in [-0.2, -0.15) is 5.10 Å². The molecule has 0 saturated carbocycles. The van der Waals surface area contributed by atoms with Crippen LogP contribution < -0.4 is 10.6 Å². The number of fused-ring (bicyclic) bond motifs is 2. The molecule has 0 bridgehead atoms. The van der Waals surface area contributed by atoms with E-state index < -0.39 is 0 Å². The van der Waals surface area contributed by atoms with Crippen LogP contribution in [0.25, 0.3) is 22.0 Å². The van der Waals surface area contributed by atoms with Crippen LogP contribution in [-0.4, -0.2) is 32.2 Å². The van der Waals surface area contributed by atoms with Gasteiger partial charge in [0.2, 0.25) is 0 Å². The Morgan fingerprint density at radius 1 is 1.07 bits per heavy atom. The normalized spacial score (nSPS) is 13.3. The average molecular weight is 384 g/mol. The molecule has 2 N–H and O–H groups in total. The van der Waals surface area contributed by atoms with Crippen molar-refractivity contribution in [1.29, 1.82) is 0 Å². The summed E-state index contributed by atoms with van der Waals surface area (Å²) in [6.45, 7) is 1.80. The molecule has 4 heterocycles. The van der Waals surface area contributed by atoms with Crippen LogP contribution in [-0.2, 0) is 20.0 Å². The highest BCUT2D eigenvalue weighted by Gasteiger charge is 2.13. The van der Waals surface area contributed by atoms with E-state index in [1.807, 2.05) is 43.6 Å². The SMILES string of the molecule is Cn1cc(-c2cc3cc(NC(=O)c4ccc5c(c4)CCNC5)ncc3cn2)cn1. The molecule has 0 atom stereocenters. The van der Waals surface area contributed by atoms with Crippen molar-refractivity contribution < 1.29 is 4.79 Å². The highest BCUT2D eigenvalue weighted by molar-refractivity contribution is 6.04. The maximum Gasteiger partial charge on any atom is 0.256 e. The van der Waals surface area contributed by atoms with Crippen LogP contribution in [0.3, 0.4) is 0 Å². The lowest BCUT2D eigenvalue weighted by Gasteiger charge is -2.17. The highest BCUT2D eigenvalue weighted by Crippen LogP contribution is 2.23. The smallest absolute Gasteiger partial charge is 0.256 e. The van der Waals surface area contributed by atoms with Gasteiger partial charge in [-0.25, -0.2) is 4.98 Å². The van der Waals surface area contributed by atoms with Gasteiger partial charge in [-0.15, -0.1) is 0 Å². The van der Waals surface area contributed by atoms with E-state index in [1.54, 1.807) is 23.3 Å². The molecule has 0 spiro atoms. The van der Waals surface area contributed by atoms with Crippen LogP contribution in [0.4, 0.5) is 5.82 Å². The summed E-state index contributed by atoms with van der Waals surface area (Å²) >= 11 is 0. The number of rotatable bonds is 3. The zero-order valence-electron chi connectivity index (χ0n) is 16.0. The Balaban J connectivity index is 1.42. The Kier molecular flexibility index (Phi) is 4.29. The molecule has 0 aliphatic carbocycles. The fourth-order valence-corrected chi connectivity index (χ4v) is 3.62. The van der Waals surface area contributed by atoms with Crippen molar-refractivity contribution >= 4 is 22.5 Å². The number of hydrogen-bond donors (Lipinski definition) is 2. The Morgan fingerprint density at radius 2 is 1.97 bits per heavy atom. The molecule has 5 rings (SSSR count). The minimum atomic E-state index is -0.153. The molecule has 0 radical (unpaired) electrons. The molecule has 29 heavy (non-hydrogen) atoms. The number of carbonyl (C=O) groups excluding carboxylic acids is 1. The number of pyridine rings is 2.